The fraction of sp³-hybridized carbons (Fsp3) is 0.357. The molecule has 1 aromatic rings. The highest BCUT2D eigenvalue weighted by Crippen LogP contribution is 2.21. The van der Waals surface area contributed by atoms with Gasteiger partial charge in [0.05, 0.1) is 19.2 Å². The molecule has 1 aromatic carbocycles. The molecule has 0 spiro atoms. The number of anilines is 1. The van der Waals surface area contributed by atoms with Crippen LogP contribution in [0.25, 0.3) is 0 Å². The van der Waals surface area contributed by atoms with Crippen molar-refractivity contribution in [2.24, 2.45) is 11.5 Å². The Balaban J connectivity index is 2.83. The zero-order valence-electron chi connectivity index (χ0n) is 11.0. The van der Waals surface area contributed by atoms with E-state index in [4.69, 9.17) is 16.2 Å². The molecule has 0 aliphatic heterocycles. The van der Waals surface area contributed by atoms with E-state index in [-0.39, 0.29) is 12.5 Å². The summed E-state index contributed by atoms with van der Waals surface area (Å²) < 4.78 is 5.19. The Bertz CT molecular complexity index is 489. The first-order valence-electron chi connectivity index (χ1n) is 6.08. The highest BCUT2D eigenvalue weighted by atomic mass is 16.5. The predicted octanol–water partition coefficient (Wildman–Crippen LogP) is 0.683. The Labute approximate surface area is 113 Å². The molecular weight excluding hydrogens is 242 g/mol. The second-order valence-electron chi connectivity index (χ2n) is 3.86. The molecule has 1 rings (SSSR count). The number of nitrogens with two attached hydrogens (primary N) is 2. The molecule has 0 saturated carbocycles. The second-order valence-corrected chi connectivity index (χ2v) is 3.86. The van der Waals surface area contributed by atoms with Gasteiger partial charge in [-0.15, -0.1) is 0 Å². The van der Waals surface area contributed by atoms with Crippen LogP contribution in [0.15, 0.2) is 18.2 Å². The van der Waals surface area contributed by atoms with Crippen LogP contribution in [-0.4, -0.2) is 26.1 Å². The molecule has 0 unspecified atom stereocenters. The van der Waals surface area contributed by atoms with E-state index >= 15 is 0 Å². The number of rotatable bonds is 5. The minimum Gasteiger partial charge on any atom is -0.495 e. The molecule has 5 nitrogen and oxygen atoms in total. The molecular formula is C14H19N3O2. The number of hydrogen-bond donors (Lipinski definition) is 3. The molecule has 0 aromatic heterocycles. The molecule has 0 radical (unpaired) electrons. The quantitative estimate of drug-likeness (QED) is 0.680. The standard InChI is InChI=1S/C14H19N3O2/c1-19-13-7-6-12(10-11(13)4-2-8-15)17-14(18)5-3-9-16/h6-7,10H,3,5,8-9,15-16H2,1H3,(H,17,18). The summed E-state index contributed by atoms with van der Waals surface area (Å²) in [6.07, 6.45) is 1.08. The summed E-state index contributed by atoms with van der Waals surface area (Å²) in [5, 5.41) is 2.80. The third-order valence-corrected chi connectivity index (χ3v) is 2.42. The van der Waals surface area contributed by atoms with Gasteiger partial charge >= 0.3 is 0 Å². The number of nitrogens with one attached hydrogen (secondary N) is 1. The van der Waals surface area contributed by atoms with E-state index in [1.165, 1.54) is 0 Å². The molecule has 102 valence electrons. The van der Waals surface area contributed by atoms with Crippen LogP contribution in [0.1, 0.15) is 18.4 Å². The van der Waals surface area contributed by atoms with Crippen molar-refractivity contribution < 1.29 is 9.53 Å². The van der Waals surface area contributed by atoms with Crippen LogP contribution in [0.2, 0.25) is 0 Å². The van der Waals surface area contributed by atoms with Gasteiger partial charge in [-0.2, -0.15) is 0 Å². The number of carbonyl (C=O) groups excluding carboxylic acids is 1. The van der Waals surface area contributed by atoms with Gasteiger partial charge in [-0.25, -0.2) is 0 Å². The average molecular weight is 261 g/mol. The summed E-state index contributed by atoms with van der Waals surface area (Å²) in [4.78, 5) is 11.6. The number of hydrogen-bond acceptors (Lipinski definition) is 4. The Kier molecular flexibility index (Phi) is 6.44. The fourth-order valence-corrected chi connectivity index (χ4v) is 1.52. The minimum absolute atomic E-state index is 0.0617. The SMILES string of the molecule is COc1ccc(NC(=O)CCCN)cc1C#CCN. The highest BCUT2D eigenvalue weighted by molar-refractivity contribution is 5.91. The Morgan fingerprint density at radius 3 is 2.84 bits per heavy atom. The number of amides is 1. The lowest BCUT2D eigenvalue weighted by atomic mass is 10.1. The summed E-state index contributed by atoms with van der Waals surface area (Å²) in [7, 11) is 1.57. The highest BCUT2D eigenvalue weighted by Gasteiger charge is 2.05. The Morgan fingerprint density at radius 2 is 2.21 bits per heavy atom. The van der Waals surface area contributed by atoms with Gasteiger partial charge in [0.25, 0.3) is 0 Å². The minimum atomic E-state index is -0.0617. The van der Waals surface area contributed by atoms with Crippen molar-refractivity contribution in [3.8, 4) is 17.6 Å². The van der Waals surface area contributed by atoms with Gasteiger partial charge in [-0.1, -0.05) is 11.8 Å². The van der Waals surface area contributed by atoms with Crippen molar-refractivity contribution in [1.82, 2.24) is 0 Å². The summed E-state index contributed by atoms with van der Waals surface area (Å²) in [6.45, 7) is 0.777. The van der Waals surface area contributed by atoms with Crippen LogP contribution in [0.4, 0.5) is 5.69 Å². The van der Waals surface area contributed by atoms with Gasteiger partial charge < -0.3 is 21.5 Å². The van der Waals surface area contributed by atoms with Crippen LogP contribution in [0.3, 0.4) is 0 Å². The van der Waals surface area contributed by atoms with Crippen LogP contribution < -0.4 is 21.5 Å². The zero-order chi connectivity index (χ0) is 14.1. The summed E-state index contributed by atoms with van der Waals surface area (Å²) in [5.41, 5.74) is 12.1. The monoisotopic (exact) mass is 261 g/mol. The molecule has 19 heavy (non-hydrogen) atoms. The van der Waals surface area contributed by atoms with Crippen LogP contribution in [0.5, 0.6) is 5.75 Å². The maximum atomic E-state index is 11.6. The Morgan fingerprint density at radius 1 is 1.42 bits per heavy atom. The van der Waals surface area contributed by atoms with Gasteiger partial charge in [0.15, 0.2) is 0 Å². The normalized spacial score (nSPS) is 9.42. The van der Waals surface area contributed by atoms with E-state index in [9.17, 15) is 4.79 Å². The molecule has 5 heteroatoms. The second kappa shape index (κ2) is 8.14. The number of methoxy groups -OCH3 is 1. The number of benzene rings is 1. The molecule has 0 fully saturated rings. The lowest BCUT2D eigenvalue weighted by Crippen LogP contribution is -2.13. The van der Waals surface area contributed by atoms with Crippen LogP contribution >= 0.6 is 0 Å². The largest absolute Gasteiger partial charge is 0.495 e. The van der Waals surface area contributed by atoms with Gasteiger partial charge in [0, 0.05) is 12.1 Å². The third-order valence-electron chi connectivity index (χ3n) is 2.42. The molecule has 0 heterocycles. The molecule has 0 saturated heterocycles. The first-order chi connectivity index (χ1) is 9.21. The van der Waals surface area contributed by atoms with Crippen molar-refractivity contribution in [3.63, 3.8) is 0 Å². The van der Waals surface area contributed by atoms with Gasteiger partial charge in [0.1, 0.15) is 5.75 Å². The van der Waals surface area contributed by atoms with Crippen molar-refractivity contribution >= 4 is 11.6 Å². The topological polar surface area (TPSA) is 90.4 Å². The summed E-state index contributed by atoms with van der Waals surface area (Å²) in [5.74, 6) is 6.26. The van der Waals surface area contributed by atoms with Gasteiger partial charge in [-0.05, 0) is 31.2 Å². The smallest absolute Gasteiger partial charge is 0.224 e. The number of carbonyl (C=O) groups is 1. The molecule has 0 bridgehead atoms. The van der Waals surface area contributed by atoms with E-state index in [0.717, 1.165) is 0 Å². The molecule has 0 atom stereocenters. The molecule has 5 N–H and O–H groups in total. The molecule has 0 aliphatic rings. The number of ether oxygens (including phenoxy) is 1. The molecule has 1 amide bonds. The average Bonchev–Trinajstić information content (AvgIpc) is 2.43. The lowest BCUT2D eigenvalue weighted by Gasteiger charge is -2.08. The van der Waals surface area contributed by atoms with Crippen LogP contribution in [0, 0.1) is 11.8 Å². The van der Waals surface area contributed by atoms with Crippen molar-refractivity contribution in [1.29, 1.82) is 0 Å². The lowest BCUT2D eigenvalue weighted by molar-refractivity contribution is -0.116. The fourth-order valence-electron chi connectivity index (χ4n) is 1.52. The summed E-state index contributed by atoms with van der Waals surface area (Å²) >= 11 is 0. The van der Waals surface area contributed by atoms with E-state index in [0.29, 0.717) is 36.4 Å². The summed E-state index contributed by atoms with van der Waals surface area (Å²) in [6, 6.07) is 5.30. The maximum absolute atomic E-state index is 11.6. The molecule has 0 aliphatic carbocycles. The maximum Gasteiger partial charge on any atom is 0.224 e. The first kappa shape index (κ1) is 15.0. The van der Waals surface area contributed by atoms with Crippen molar-refractivity contribution in [3.05, 3.63) is 23.8 Å². The van der Waals surface area contributed by atoms with E-state index < -0.39 is 0 Å². The van der Waals surface area contributed by atoms with Crippen LogP contribution in [-0.2, 0) is 4.79 Å². The van der Waals surface area contributed by atoms with E-state index in [1.54, 1.807) is 25.3 Å². The first-order valence-corrected chi connectivity index (χ1v) is 6.08. The van der Waals surface area contributed by atoms with E-state index in [1.807, 2.05) is 0 Å². The van der Waals surface area contributed by atoms with Gasteiger partial charge in [-0.3, -0.25) is 4.79 Å². The predicted molar refractivity (Wildman–Crippen MR) is 75.8 cm³/mol. The van der Waals surface area contributed by atoms with Crippen molar-refractivity contribution in [2.45, 2.75) is 12.8 Å². The zero-order valence-corrected chi connectivity index (χ0v) is 11.0. The third kappa shape index (κ3) is 5.00. The Hall–Kier alpha value is -2.03. The van der Waals surface area contributed by atoms with Gasteiger partial charge in [0.2, 0.25) is 5.91 Å². The van der Waals surface area contributed by atoms with Crippen molar-refractivity contribution in [2.75, 3.05) is 25.5 Å². The van der Waals surface area contributed by atoms with E-state index in [2.05, 4.69) is 17.2 Å².